The van der Waals surface area contributed by atoms with E-state index < -0.39 is 0 Å². The number of allylic oxidation sites excluding steroid dienone is 6. The van der Waals surface area contributed by atoms with Gasteiger partial charge in [-0.3, -0.25) is 9.59 Å². The lowest BCUT2D eigenvalue weighted by Gasteiger charge is -2.30. The van der Waals surface area contributed by atoms with E-state index >= 15 is 0 Å². The Morgan fingerprint density at radius 1 is 0.870 bits per heavy atom. The molecule has 5 heteroatoms. The van der Waals surface area contributed by atoms with Gasteiger partial charge in [0, 0.05) is 63.5 Å². The summed E-state index contributed by atoms with van der Waals surface area (Å²) in [6.45, 7) is 17.5. The largest absolute Gasteiger partial charge is 0.344 e. The Labute approximate surface area is 278 Å². The second-order valence-electron chi connectivity index (χ2n) is 14.0. The number of fused-ring (bicyclic) bond motifs is 2. The van der Waals surface area contributed by atoms with E-state index in [1.54, 1.807) is 0 Å². The van der Waals surface area contributed by atoms with E-state index in [0.29, 0.717) is 0 Å². The Hall–Kier alpha value is -3.83. The van der Waals surface area contributed by atoms with Crippen molar-refractivity contribution < 1.29 is 14.2 Å². The Morgan fingerprint density at radius 3 is 2.35 bits per heavy atom. The van der Waals surface area contributed by atoms with Crippen LogP contribution in [0.4, 0.5) is 11.4 Å². The van der Waals surface area contributed by atoms with Crippen molar-refractivity contribution in [3.05, 3.63) is 105 Å². The first-order valence-corrected chi connectivity index (χ1v) is 17.8. The molecule has 0 N–H and O–H groups in total. The SMILES string of the molecule is CCCCCCN1C(=CC2=C(C)C(=CC3=[N+](CCC)c4ccccc4C3(C)C)C2=O)C(C)(C)c2cc(-c3ccc(C=O)s3)ccc21. The minimum atomic E-state index is -0.282. The van der Waals surface area contributed by atoms with E-state index in [9.17, 15) is 9.59 Å². The summed E-state index contributed by atoms with van der Waals surface area (Å²) in [5.41, 5.74) is 10.9. The van der Waals surface area contributed by atoms with Gasteiger partial charge < -0.3 is 4.90 Å². The van der Waals surface area contributed by atoms with E-state index in [1.165, 1.54) is 64.5 Å². The molecule has 0 fully saturated rings. The summed E-state index contributed by atoms with van der Waals surface area (Å²) < 4.78 is 2.41. The maximum atomic E-state index is 14.0. The average molecular weight is 632 g/mol. The van der Waals surface area contributed by atoms with Crippen molar-refractivity contribution >= 4 is 40.5 Å². The first-order valence-electron chi connectivity index (χ1n) is 17.0. The summed E-state index contributed by atoms with van der Waals surface area (Å²) >= 11 is 1.53. The van der Waals surface area contributed by atoms with Crippen LogP contribution in [0.15, 0.2) is 89.2 Å². The molecular formula is C41H47N2O2S+. The summed E-state index contributed by atoms with van der Waals surface area (Å²) in [5, 5.41) is 0. The van der Waals surface area contributed by atoms with Crippen LogP contribution in [-0.4, -0.2) is 35.4 Å². The third-order valence-electron chi connectivity index (χ3n) is 10.3. The molecule has 0 unspecified atom stereocenters. The Kier molecular flexibility index (Phi) is 8.67. The van der Waals surface area contributed by atoms with Gasteiger partial charge in [-0.15, -0.1) is 11.3 Å². The number of thiophene rings is 1. The lowest BCUT2D eigenvalue weighted by molar-refractivity contribution is -0.437. The van der Waals surface area contributed by atoms with Gasteiger partial charge in [0.15, 0.2) is 17.8 Å². The number of ketones is 1. The molecule has 3 heterocycles. The number of Topliss-reactive ketones (excluding diaryl/α,β-unsaturated/α-hetero) is 1. The highest BCUT2D eigenvalue weighted by Crippen LogP contribution is 2.51. The normalized spacial score (nSPS) is 19.7. The molecule has 1 aromatic heterocycles. The fourth-order valence-corrected chi connectivity index (χ4v) is 8.37. The number of hydrogen-bond donors (Lipinski definition) is 0. The van der Waals surface area contributed by atoms with Crippen LogP contribution >= 0.6 is 11.3 Å². The van der Waals surface area contributed by atoms with Crippen LogP contribution in [-0.2, 0) is 15.6 Å². The highest BCUT2D eigenvalue weighted by molar-refractivity contribution is 7.17. The van der Waals surface area contributed by atoms with Gasteiger partial charge in [-0.2, -0.15) is 4.58 Å². The molecule has 0 atom stereocenters. The monoisotopic (exact) mass is 631 g/mol. The molecule has 0 bridgehead atoms. The lowest BCUT2D eigenvalue weighted by Crippen LogP contribution is -2.32. The predicted molar refractivity (Wildman–Crippen MR) is 193 cm³/mol. The number of carbonyl (C=O) groups is 2. The van der Waals surface area contributed by atoms with Crippen LogP contribution in [0.5, 0.6) is 0 Å². The van der Waals surface area contributed by atoms with Gasteiger partial charge in [0.25, 0.3) is 0 Å². The highest BCUT2D eigenvalue weighted by atomic mass is 32.1. The van der Waals surface area contributed by atoms with Crippen molar-refractivity contribution in [3.8, 4) is 10.4 Å². The van der Waals surface area contributed by atoms with Gasteiger partial charge in [-0.1, -0.05) is 71.2 Å². The van der Waals surface area contributed by atoms with Crippen molar-refractivity contribution in [1.82, 2.24) is 0 Å². The third-order valence-corrected chi connectivity index (χ3v) is 11.3. The number of aldehydes is 1. The Balaban J connectivity index is 1.40. The summed E-state index contributed by atoms with van der Waals surface area (Å²) in [7, 11) is 0. The molecular weight excluding hydrogens is 585 g/mol. The van der Waals surface area contributed by atoms with E-state index in [0.717, 1.165) is 64.3 Å². The molecule has 46 heavy (non-hydrogen) atoms. The molecule has 2 aliphatic heterocycles. The second kappa shape index (κ2) is 12.4. The van der Waals surface area contributed by atoms with Gasteiger partial charge in [-0.25, -0.2) is 0 Å². The molecule has 0 saturated heterocycles. The minimum absolute atomic E-state index is 0.138. The fraction of sp³-hybridized carbons (Fsp3) is 0.390. The minimum Gasteiger partial charge on any atom is -0.344 e. The van der Waals surface area contributed by atoms with Crippen molar-refractivity contribution in [2.45, 2.75) is 91.4 Å². The molecule has 3 aliphatic rings. The van der Waals surface area contributed by atoms with Crippen LogP contribution in [0, 0.1) is 0 Å². The van der Waals surface area contributed by atoms with Gasteiger partial charge in [0.2, 0.25) is 5.69 Å². The lowest BCUT2D eigenvalue weighted by atomic mass is 9.75. The average Bonchev–Trinajstić information content (AvgIpc) is 3.67. The molecule has 4 nitrogen and oxygen atoms in total. The molecule has 1 aliphatic carbocycles. The van der Waals surface area contributed by atoms with Crippen molar-refractivity contribution in [2.24, 2.45) is 0 Å². The number of para-hydroxylation sites is 1. The molecule has 238 valence electrons. The topological polar surface area (TPSA) is 40.4 Å². The van der Waals surface area contributed by atoms with Crippen LogP contribution in [0.25, 0.3) is 10.4 Å². The van der Waals surface area contributed by atoms with Gasteiger partial charge in [0.05, 0.1) is 10.3 Å². The number of hydrogen-bond acceptors (Lipinski definition) is 4. The predicted octanol–water partition coefficient (Wildman–Crippen LogP) is 10.1. The Bertz CT molecular complexity index is 1840. The molecule has 0 saturated carbocycles. The maximum Gasteiger partial charge on any atom is 0.209 e. The quantitative estimate of drug-likeness (QED) is 0.0915. The van der Waals surface area contributed by atoms with E-state index in [-0.39, 0.29) is 16.6 Å². The first kappa shape index (κ1) is 32.1. The number of unbranched alkanes of at least 4 members (excludes halogenated alkanes) is 3. The molecule has 2 aromatic carbocycles. The van der Waals surface area contributed by atoms with E-state index in [2.05, 4.69) is 113 Å². The second-order valence-corrected chi connectivity index (χ2v) is 15.1. The van der Waals surface area contributed by atoms with E-state index in [4.69, 9.17) is 0 Å². The summed E-state index contributed by atoms with van der Waals surface area (Å²) in [6, 6.07) is 19.3. The van der Waals surface area contributed by atoms with Crippen LogP contribution < -0.4 is 4.90 Å². The number of anilines is 1. The van der Waals surface area contributed by atoms with Gasteiger partial charge in [0.1, 0.15) is 6.54 Å². The van der Waals surface area contributed by atoms with Crippen LogP contribution in [0.2, 0.25) is 0 Å². The van der Waals surface area contributed by atoms with Crippen LogP contribution in [0.3, 0.4) is 0 Å². The fourth-order valence-electron chi connectivity index (χ4n) is 7.55. The first-order chi connectivity index (χ1) is 22.0. The van der Waals surface area contributed by atoms with Crippen molar-refractivity contribution in [3.63, 3.8) is 0 Å². The van der Waals surface area contributed by atoms with Crippen LogP contribution in [0.1, 0.15) is 101 Å². The number of rotatable bonds is 11. The zero-order chi connectivity index (χ0) is 32.8. The summed E-state index contributed by atoms with van der Waals surface area (Å²) in [6.07, 6.45) is 11.0. The Morgan fingerprint density at radius 2 is 1.65 bits per heavy atom. The van der Waals surface area contributed by atoms with Gasteiger partial charge in [-0.05, 0) is 74.2 Å². The highest BCUT2D eigenvalue weighted by Gasteiger charge is 2.46. The number of nitrogens with zero attached hydrogens (tertiary/aromatic N) is 2. The summed E-state index contributed by atoms with van der Waals surface area (Å²) in [4.78, 5) is 29.7. The van der Waals surface area contributed by atoms with Crippen molar-refractivity contribution in [1.29, 1.82) is 0 Å². The summed E-state index contributed by atoms with van der Waals surface area (Å²) in [5.74, 6) is 0.138. The standard InChI is InChI=1S/C41H47N2O2S/c1-8-10-11-14-22-43-35-19-17-28(36-20-18-29(26-44)46-36)23-33(35)41(6,7)38(43)25-31-27(3)30(39(31)45)24-37-40(4,5)32-15-12-13-16-34(32)42(37)21-9-2/h12-13,15-20,23-26H,8-11,14,21-22H2,1-7H3/q+1. The zero-order valence-corrected chi connectivity index (χ0v) is 29.3. The molecule has 0 amide bonds. The molecule has 6 rings (SSSR count). The molecule has 0 spiro atoms. The van der Waals surface area contributed by atoms with Gasteiger partial charge >= 0.3 is 0 Å². The number of carbonyl (C=O) groups excluding carboxylic acids is 2. The van der Waals surface area contributed by atoms with E-state index in [1.807, 2.05) is 12.1 Å². The number of benzene rings is 2. The van der Waals surface area contributed by atoms with Crippen molar-refractivity contribution in [2.75, 3.05) is 18.0 Å². The molecule has 0 radical (unpaired) electrons. The zero-order valence-electron chi connectivity index (χ0n) is 28.5. The third kappa shape index (κ3) is 5.27. The smallest absolute Gasteiger partial charge is 0.209 e. The maximum absolute atomic E-state index is 14.0. The molecule has 3 aromatic rings.